The SMILES string of the molecule is C[C@@H]1CN(C(=O)c2cscn2)C[C@]12CCN(Cc1cccnc1)C2=O. The number of thiazole rings is 1. The highest BCUT2D eigenvalue weighted by Gasteiger charge is 2.55. The van der Waals surface area contributed by atoms with Crippen LogP contribution in [0, 0.1) is 11.3 Å². The van der Waals surface area contributed by atoms with E-state index in [1.807, 2.05) is 17.0 Å². The molecule has 0 aliphatic carbocycles. The number of hydrogen-bond acceptors (Lipinski definition) is 5. The summed E-state index contributed by atoms with van der Waals surface area (Å²) in [5.74, 6) is 0.252. The van der Waals surface area contributed by atoms with Crippen LogP contribution in [0.15, 0.2) is 35.4 Å². The zero-order valence-corrected chi connectivity index (χ0v) is 14.9. The fourth-order valence-electron chi connectivity index (χ4n) is 4.03. The molecule has 2 aliphatic rings. The second-order valence-electron chi connectivity index (χ2n) is 6.95. The van der Waals surface area contributed by atoms with Gasteiger partial charge in [0.1, 0.15) is 5.69 Å². The number of aromatic nitrogens is 2. The summed E-state index contributed by atoms with van der Waals surface area (Å²) in [6.07, 6.45) is 4.33. The highest BCUT2D eigenvalue weighted by atomic mass is 32.1. The lowest BCUT2D eigenvalue weighted by molar-refractivity contribution is -0.137. The first-order valence-electron chi connectivity index (χ1n) is 8.46. The number of rotatable bonds is 3. The van der Waals surface area contributed by atoms with Gasteiger partial charge in [0.15, 0.2) is 0 Å². The quantitative estimate of drug-likeness (QED) is 0.844. The molecule has 0 N–H and O–H groups in total. The van der Waals surface area contributed by atoms with Crippen molar-refractivity contribution in [2.24, 2.45) is 11.3 Å². The molecule has 0 unspecified atom stereocenters. The van der Waals surface area contributed by atoms with Crippen molar-refractivity contribution in [1.82, 2.24) is 19.8 Å². The van der Waals surface area contributed by atoms with Crippen LogP contribution in [-0.4, -0.2) is 51.2 Å². The number of hydrogen-bond donors (Lipinski definition) is 0. The fraction of sp³-hybridized carbons (Fsp3) is 0.444. The van der Waals surface area contributed by atoms with Gasteiger partial charge in [-0.05, 0) is 24.0 Å². The molecule has 7 heteroatoms. The molecular weight excluding hydrogens is 336 g/mol. The van der Waals surface area contributed by atoms with Crippen molar-refractivity contribution in [1.29, 1.82) is 0 Å². The Hall–Kier alpha value is -2.28. The smallest absolute Gasteiger partial charge is 0.273 e. The van der Waals surface area contributed by atoms with Crippen LogP contribution in [0.25, 0.3) is 0 Å². The Morgan fingerprint density at radius 3 is 3.08 bits per heavy atom. The van der Waals surface area contributed by atoms with Crippen molar-refractivity contribution >= 4 is 23.2 Å². The van der Waals surface area contributed by atoms with E-state index in [0.29, 0.717) is 25.3 Å². The van der Waals surface area contributed by atoms with Crippen LogP contribution in [0.5, 0.6) is 0 Å². The van der Waals surface area contributed by atoms with Gasteiger partial charge in [-0.25, -0.2) is 4.98 Å². The molecule has 1 spiro atoms. The van der Waals surface area contributed by atoms with E-state index >= 15 is 0 Å². The molecule has 0 bridgehead atoms. The third-order valence-electron chi connectivity index (χ3n) is 5.49. The average Bonchev–Trinajstić information content (AvgIpc) is 3.33. The Bertz CT molecular complexity index is 780. The van der Waals surface area contributed by atoms with Gasteiger partial charge in [0.05, 0.1) is 10.9 Å². The van der Waals surface area contributed by atoms with E-state index in [1.54, 1.807) is 28.2 Å². The molecule has 0 saturated carbocycles. The summed E-state index contributed by atoms with van der Waals surface area (Å²) in [5, 5.41) is 1.77. The molecule has 2 aromatic rings. The molecule has 130 valence electrons. The Kier molecular flexibility index (Phi) is 4.03. The number of carbonyl (C=O) groups is 2. The predicted octanol–water partition coefficient (Wildman–Crippen LogP) is 2.05. The molecule has 2 fully saturated rings. The molecule has 6 nitrogen and oxygen atoms in total. The van der Waals surface area contributed by atoms with E-state index in [0.717, 1.165) is 18.5 Å². The molecular formula is C18H20N4O2S. The standard InChI is InChI=1S/C18H20N4O2S/c1-13-8-22(16(23)15-10-25-12-20-15)11-18(13)4-6-21(17(18)24)9-14-3-2-5-19-7-14/h2-3,5,7,10,12-13H,4,6,8-9,11H2,1H3/t13-,18-/m1/s1. The lowest BCUT2D eigenvalue weighted by atomic mass is 9.78. The molecule has 2 aliphatic heterocycles. The van der Waals surface area contributed by atoms with E-state index in [9.17, 15) is 9.59 Å². The molecule has 0 aromatic carbocycles. The first-order valence-corrected chi connectivity index (χ1v) is 9.40. The summed E-state index contributed by atoms with van der Waals surface area (Å²) < 4.78 is 0. The Morgan fingerprint density at radius 1 is 1.48 bits per heavy atom. The molecule has 2 atom stereocenters. The van der Waals surface area contributed by atoms with Crippen molar-refractivity contribution in [3.63, 3.8) is 0 Å². The van der Waals surface area contributed by atoms with Crippen LogP contribution in [0.4, 0.5) is 0 Å². The Balaban J connectivity index is 1.50. The van der Waals surface area contributed by atoms with Gasteiger partial charge < -0.3 is 9.80 Å². The zero-order valence-electron chi connectivity index (χ0n) is 14.1. The third kappa shape index (κ3) is 2.72. The van der Waals surface area contributed by atoms with Crippen LogP contribution >= 0.6 is 11.3 Å². The predicted molar refractivity (Wildman–Crippen MR) is 93.9 cm³/mol. The van der Waals surface area contributed by atoms with Crippen molar-refractivity contribution in [3.8, 4) is 0 Å². The second-order valence-corrected chi connectivity index (χ2v) is 7.67. The van der Waals surface area contributed by atoms with Gasteiger partial charge in [-0.2, -0.15) is 0 Å². The topological polar surface area (TPSA) is 66.4 Å². The molecule has 4 heterocycles. The Morgan fingerprint density at radius 2 is 2.36 bits per heavy atom. The maximum absolute atomic E-state index is 13.2. The normalized spacial score (nSPS) is 26.0. The van der Waals surface area contributed by atoms with Crippen LogP contribution in [0.1, 0.15) is 29.4 Å². The summed E-state index contributed by atoms with van der Waals surface area (Å²) in [6, 6.07) is 3.87. The largest absolute Gasteiger partial charge is 0.338 e. The first kappa shape index (κ1) is 16.2. The summed E-state index contributed by atoms with van der Waals surface area (Å²) in [6.45, 7) is 4.51. The monoisotopic (exact) mass is 356 g/mol. The molecule has 2 saturated heterocycles. The number of carbonyl (C=O) groups excluding carboxylic acids is 2. The number of nitrogens with zero attached hydrogens (tertiary/aromatic N) is 4. The second kappa shape index (κ2) is 6.22. The van der Waals surface area contributed by atoms with Crippen LogP contribution in [-0.2, 0) is 11.3 Å². The lowest BCUT2D eigenvalue weighted by Crippen LogP contribution is -2.40. The van der Waals surface area contributed by atoms with Gasteiger partial charge >= 0.3 is 0 Å². The van der Waals surface area contributed by atoms with Crippen LogP contribution in [0.3, 0.4) is 0 Å². The molecule has 25 heavy (non-hydrogen) atoms. The van der Waals surface area contributed by atoms with Crippen molar-refractivity contribution < 1.29 is 9.59 Å². The fourth-order valence-corrected chi connectivity index (χ4v) is 4.55. The highest BCUT2D eigenvalue weighted by Crippen LogP contribution is 2.45. The van der Waals surface area contributed by atoms with Gasteiger partial charge in [-0.1, -0.05) is 13.0 Å². The molecule has 4 rings (SSSR count). The summed E-state index contributed by atoms with van der Waals surface area (Å²) >= 11 is 1.41. The number of amides is 2. The highest BCUT2D eigenvalue weighted by molar-refractivity contribution is 7.07. The number of pyridine rings is 1. The minimum atomic E-state index is -0.451. The molecule has 2 amide bonds. The minimum absolute atomic E-state index is 0.0662. The third-order valence-corrected chi connectivity index (χ3v) is 6.07. The molecule has 2 aromatic heterocycles. The van der Waals surface area contributed by atoms with E-state index in [2.05, 4.69) is 16.9 Å². The summed E-state index contributed by atoms with van der Waals surface area (Å²) in [5.41, 5.74) is 2.73. The Labute approximate surface area is 150 Å². The van der Waals surface area contributed by atoms with Gasteiger partial charge in [0, 0.05) is 44.0 Å². The summed E-state index contributed by atoms with van der Waals surface area (Å²) in [4.78, 5) is 37.7. The average molecular weight is 356 g/mol. The first-order chi connectivity index (χ1) is 12.1. The maximum atomic E-state index is 13.2. The van der Waals surface area contributed by atoms with Gasteiger partial charge in [0.25, 0.3) is 5.91 Å². The molecule has 0 radical (unpaired) electrons. The minimum Gasteiger partial charge on any atom is -0.338 e. The van der Waals surface area contributed by atoms with Gasteiger partial charge in [0.2, 0.25) is 5.91 Å². The van der Waals surface area contributed by atoms with Gasteiger partial charge in [-0.3, -0.25) is 14.6 Å². The maximum Gasteiger partial charge on any atom is 0.273 e. The van der Waals surface area contributed by atoms with E-state index < -0.39 is 5.41 Å². The van der Waals surface area contributed by atoms with Crippen molar-refractivity contribution in [3.05, 3.63) is 46.7 Å². The number of likely N-dealkylation sites (tertiary alicyclic amines) is 2. The van der Waals surface area contributed by atoms with Crippen molar-refractivity contribution in [2.75, 3.05) is 19.6 Å². The van der Waals surface area contributed by atoms with E-state index in [-0.39, 0.29) is 17.7 Å². The zero-order chi connectivity index (χ0) is 17.4. The summed E-state index contributed by atoms with van der Waals surface area (Å²) in [7, 11) is 0. The van der Waals surface area contributed by atoms with Crippen molar-refractivity contribution in [2.45, 2.75) is 19.9 Å². The lowest BCUT2D eigenvalue weighted by Gasteiger charge is -2.26. The van der Waals surface area contributed by atoms with Crippen LogP contribution < -0.4 is 0 Å². The van der Waals surface area contributed by atoms with Crippen LogP contribution in [0.2, 0.25) is 0 Å². The van der Waals surface area contributed by atoms with Gasteiger partial charge in [-0.15, -0.1) is 11.3 Å². The van der Waals surface area contributed by atoms with E-state index in [1.165, 1.54) is 11.3 Å². The van der Waals surface area contributed by atoms with E-state index in [4.69, 9.17) is 0 Å².